The molecule has 0 unspecified atom stereocenters. The maximum Gasteiger partial charge on any atom is 0.311 e. The Morgan fingerprint density at radius 1 is 0.900 bits per heavy atom. The third-order valence-electron chi connectivity index (χ3n) is 7.67. The Bertz CT molecular complexity index is 608. The molecule has 2 saturated carbocycles. The van der Waals surface area contributed by atoms with Crippen molar-refractivity contribution in [3.05, 3.63) is 29.8 Å². The number of aliphatic hydroxyl groups excluding tert-OH is 1. The lowest BCUT2D eigenvalue weighted by atomic mass is 9.68. The summed E-state index contributed by atoms with van der Waals surface area (Å²) in [7, 11) is 0. The molecule has 0 aliphatic heterocycles. The van der Waals surface area contributed by atoms with Gasteiger partial charge in [-0.15, -0.1) is 0 Å². The summed E-state index contributed by atoms with van der Waals surface area (Å²) in [5.74, 6) is 3.95. The molecule has 3 rings (SSSR count). The second-order valence-electron chi connectivity index (χ2n) is 9.76. The Hall–Kier alpha value is -1.35. The highest BCUT2D eigenvalue weighted by Gasteiger charge is 2.31. The Kier molecular flexibility index (Phi) is 9.71. The molecule has 1 N–H and O–H groups in total. The summed E-state index contributed by atoms with van der Waals surface area (Å²) in [6, 6.07) is 8.14. The third-order valence-corrected chi connectivity index (χ3v) is 7.67. The predicted molar refractivity (Wildman–Crippen MR) is 123 cm³/mol. The summed E-state index contributed by atoms with van der Waals surface area (Å²) >= 11 is 0. The first-order valence-corrected chi connectivity index (χ1v) is 12.6. The fourth-order valence-electron chi connectivity index (χ4n) is 5.77. The van der Waals surface area contributed by atoms with Gasteiger partial charge in [0.05, 0.1) is 0 Å². The van der Waals surface area contributed by atoms with E-state index in [1.807, 2.05) is 12.1 Å². The van der Waals surface area contributed by atoms with Crippen LogP contribution in [-0.4, -0.2) is 17.7 Å². The van der Waals surface area contributed by atoms with Crippen molar-refractivity contribution in [3.63, 3.8) is 0 Å². The van der Waals surface area contributed by atoms with Crippen molar-refractivity contribution in [1.29, 1.82) is 0 Å². The minimum absolute atomic E-state index is 0.0249. The average molecular weight is 415 g/mol. The van der Waals surface area contributed by atoms with Gasteiger partial charge >= 0.3 is 5.97 Å². The molecule has 3 heteroatoms. The lowest BCUT2D eigenvalue weighted by molar-refractivity contribution is -0.134. The Labute approximate surface area is 183 Å². The largest absolute Gasteiger partial charge is 0.427 e. The van der Waals surface area contributed by atoms with E-state index in [2.05, 4.69) is 19.1 Å². The number of rotatable bonds is 10. The summed E-state index contributed by atoms with van der Waals surface area (Å²) in [6.45, 7) is 2.33. The number of hydrogen-bond acceptors (Lipinski definition) is 3. The SMILES string of the molecule is CCCCCC1CCC(C2CCC(c3ccc(OC(=O)CCCO)cc3)CC2)CC1. The molecule has 168 valence electrons. The van der Waals surface area contributed by atoms with Crippen LogP contribution in [0.25, 0.3) is 0 Å². The van der Waals surface area contributed by atoms with Gasteiger partial charge in [0, 0.05) is 13.0 Å². The average Bonchev–Trinajstić information content (AvgIpc) is 2.79. The molecular weight excluding hydrogens is 372 g/mol. The van der Waals surface area contributed by atoms with E-state index in [-0.39, 0.29) is 19.0 Å². The van der Waals surface area contributed by atoms with E-state index in [0.29, 0.717) is 18.1 Å². The fraction of sp³-hybridized carbons (Fsp3) is 0.741. The Morgan fingerprint density at radius 2 is 1.53 bits per heavy atom. The Morgan fingerprint density at radius 3 is 2.13 bits per heavy atom. The molecule has 0 spiro atoms. The van der Waals surface area contributed by atoms with Crippen molar-refractivity contribution in [2.75, 3.05) is 6.61 Å². The molecular formula is C27H42O3. The summed E-state index contributed by atoms with van der Waals surface area (Å²) < 4.78 is 5.34. The third kappa shape index (κ3) is 7.11. The second-order valence-corrected chi connectivity index (χ2v) is 9.76. The zero-order valence-electron chi connectivity index (χ0n) is 19.0. The topological polar surface area (TPSA) is 46.5 Å². The first-order valence-electron chi connectivity index (χ1n) is 12.6. The molecule has 0 radical (unpaired) electrons. The molecule has 3 nitrogen and oxygen atoms in total. The Balaban J connectivity index is 1.39. The van der Waals surface area contributed by atoms with Crippen molar-refractivity contribution >= 4 is 5.97 Å². The molecule has 2 fully saturated rings. The highest BCUT2D eigenvalue weighted by molar-refractivity contribution is 5.72. The van der Waals surface area contributed by atoms with E-state index < -0.39 is 0 Å². The van der Waals surface area contributed by atoms with Gasteiger partial charge in [-0.2, -0.15) is 0 Å². The molecule has 1 aromatic carbocycles. The molecule has 0 aromatic heterocycles. The van der Waals surface area contributed by atoms with Gasteiger partial charge in [0.1, 0.15) is 5.75 Å². The van der Waals surface area contributed by atoms with Gasteiger partial charge in [-0.3, -0.25) is 4.79 Å². The van der Waals surface area contributed by atoms with Gasteiger partial charge in [0.15, 0.2) is 0 Å². The van der Waals surface area contributed by atoms with Gasteiger partial charge < -0.3 is 9.84 Å². The minimum atomic E-state index is -0.266. The van der Waals surface area contributed by atoms with E-state index in [0.717, 1.165) is 17.8 Å². The van der Waals surface area contributed by atoms with Crippen molar-refractivity contribution < 1.29 is 14.6 Å². The van der Waals surface area contributed by atoms with Crippen LogP contribution in [0.5, 0.6) is 5.75 Å². The molecule has 30 heavy (non-hydrogen) atoms. The highest BCUT2D eigenvalue weighted by Crippen LogP contribution is 2.44. The monoisotopic (exact) mass is 414 g/mol. The molecule has 0 amide bonds. The van der Waals surface area contributed by atoms with Crippen LogP contribution in [0.2, 0.25) is 0 Å². The van der Waals surface area contributed by atoms with E-state index in [4.69, 9.17) is 9.84 Å². The lowest BCUT2D eigenvalue weighted by Gasteiger charge is -2.38. The molecule has 0 bridgehead atoms. The van der Waals surface area contributed by atoms with E-state index in [9.17, 15) is 4.79 Å². The van der Waals surface area contributed by atoms with Crippen LogP contribution in [0.3, 0.4) is 0 Å². The van der Waals surface area contributed by atoms with Crippen LogP contribution in [0.15, 0.2) is 24.3 Å². The van der Waals surface area contributed by atoms with Crippen molar-refractivity contribution in [3.8, 4) is 5.75 Å². The van der Waals surface area contributed by atoms with E-state index >= 15 is 0 Å². The molecule has 0 heterocycles. The standard InChI is InChI=1S/C27H42O3/c1-2-3-4-6-21-8-10-22(11-9-21)23-12-14-24(15-13-23)25-16-18-26(19-17-25)30-27(29)7-5-20-28/h16-19,21-24,28H,2-15,20H2,1H3. The van der Waals surface area contributed by atoms with Crippen LogP contribution in [-0.2, 0) is 4.79 Å². The van der Waals surface area contributed by atoms with Gasteiger partial charge in [0.2, 0.25) is 0 Å². The first-order chi connectivity index (χ1) is 14.7. The van der Waals surface area contributed by atoms with Crippen LogP contribution in [0, 0.1) is 17.8 Å². The van der Waals surface area contributed by atoms with Crippen LogP contribution in [0.4, 0.5) is 0 Å². The number of ether oxygens (including phenoxy) is 1. The quantitative estimate of drug-likeness (QED) is 0.254. The fourth-order valence-corrected chi connectivity index (χ4v) is 5.77. The number of hydrogen-bond donors (Lipinski definition) is 1. The number of benzene rings is 1. The number of carbonyl (C=O) groups excluding carboxylic acids is 1. The maximum atomic E-state index is 11.7. The number of aliphatic hydroxyl groups is 1. The molecule has 2 aliphatic rings. The molecule has 1 aromatic rings. The molecule has 0 atom stereocenters. The zero-order chi connectivity index (χ0) is 21.2. The van der Waals surface area contributed by atoms with Crippen molar-refractivity contribution in [1.82, 2.24) is 0 Å². The van der Waals surface area contributed by atoms with Gasteiger partial charge in [-0.1, -0.05) is 57.6 Å². The molecule has 2 aliphatic carbocycles. The summed E-state index contributed by atoms with van der Waals surface area (Å²) in [5.41, 5.74) is 1.39. The normalized spacial score (nSPS) is 27.0. The van der Waals surface area contributed by atoms with Crippen LogP contribution in [0.1, 0.15) is 108 Å². The van der Waals surface area contributed by atoms with Crippen LogP contribution >= 0.6 is 0 Å². The second kappa shape index (κ2) is 12.5. The van der Waals surface area contributed by atoms with E-state index in [1.165, 1.54) is 82.6 Å². The minimum Gasteiger partial charge on any atom is -0.427 e. The summed E-state index contributed by atoms with van der Waals surface area (Å²) in [4.78, 5) is 11.7. The van der Waals surface area contributed by atoms with E-state index in [1.54, 1.807) is 0 Å². The smallest absolute Gasteiger partial charge is 0.311 e. The van der Waals surface area contributed by atoms with Gasteiger partial charge in [-0.05, 0) is 86.3 Å². The zero-order valence-corrected chi connectivity index (χ0v) is 19.0. The van der Waals surface area contributed by atoms with Crippen LogP contribution < -0.4 is 4.74 Å². The summed E-state index contributed by atoms with van der Waals surface area (Å²) in [5, 5.41) is 8.81. The lowest BCUT2D eigenvalue weighted by Crippen LogP contribution is -2.25. The molecule has 0 saturated heterocycles. The first kappa shape index (κ1) is 23.3. The number of carbonyl (C=O) groups is 1. The maximum absolute atomic E-state index is 11.7. The van der Waals surface area contributed by atoms with Crippen molar-refractivity contribution in [2.24, 2.45) is 17.8 Å². The number of esters is 1. The highest BCUT2D eigenvalue weighted by atomic mass is 16.5. The number of unbranched alkanes of at least 4 members (excludes halogenated alkanes) is 2. The predicted octanol–water partition coefficient (Wildman–Crippen LogP) is 7.03. The van der Waals surface area contributed by atoms with Gasteiger partial charge in [-0.25, -0.2) is 0 Å². The van der Waals surface area contributed by atoms with Crippen molar-refractivity contribution in [2.45, 2.75) is 103 Å². The summed E-state index contributed by atoms with van der Waals surface area (Å²) in [6.07, 6.45) is 17.7. The van der Waals surface area contributed by atoms with Gasteiger partial charge in [0.25, 0.3) is 0 Å².